The van der Waals surface area contributed by atoms with Crippen LogP contribution in [0.15, 0.2) is 30.6 Å². The molecule has 0 bridgehead atoms. The van der Waals surface area contributed by atoms with Crippen molar-refractivity contribution in [2.75, 3.05) is 25.6 Å². The largest absolute Gasteiger partial charge is 0.385 e. The van der Waals surface area contributed by atoms with Crippen molar-refractivity contribution in [3.63, 3.8) is 0 Å². The van der Waals surface area contributed by atoms with Gasteiger partial charge in [0.25, 0.3) is 0 Å². The van der Waals surface area contributed by atoms with E-state index in [4.69, 9.17) is 4.74 Å². The molecule has 2 aromatic rings. The summed E-state index contributed by atoms with van der Waals surface area (Å²) in [5.41, 5.74) is 3.73. The first-order valence-electron chi connectivity index (χ1n) is 6.56. The smallest absolute Gasteiger partial charge is 0.207 e. The first kappa shape index (κ1) is 13.6. The molecule has 0 aliphatic carbocycles. The number of nitrogens with zero attached hydrogens (tertiary/aromatic N) is 2. The Labute approximate surface area is 114 Å². The lowest BCUT2D eigenvalue weighted by Crippen LogP contribution is -2.09. The maximum atomic E-state index is 5.04. The van der Waals surface area contributed by atoms with E-state index >= 15 is 0 Å². The van der Waals surface area contributed by atoms with E-state index in [2.05, 4.69) is 46.9 Å². The maximum Gasteiger partial charge on any atom is 0.207 e. The molecule has 1 aromatic carbocycles. The quantitative estimate of drug-likeness (QED) is 0.811. The highest BCUT2D eigenvalue weighted by atomic mass is 16.5. The first-order chi connectivity index (χ1) is 9.22. The molecule has 102 valence electrons. The van der Waals surface area contributed by atoms with E-state index in [0.29, 0.717) is 0 Å². The van der Waals surface area contributed by atoms with Crippen LogP contribution in [0.3, 0.4) is 0 Å². The predicted molar refractivity (Wildman–Crippen MR) is 78.0 cm³/mol. The van der Waals surface area contributed by atoms with Crippen LogP contribution in [-0.4, -0.2) is 29.8 Å². The van der Waals surface area contributed by atoms with Crippen LogP contribution in [0, 0.1) is 13.8 Å². The summed E-state index contributed by atoms with van der Waals surface area (Å²) in [6.07, 6.45) is 4.76. The number of aromatic nitrogens is 2. The Morgan fingerprint density at radius 1 is 1.26 bits per heavy atom. The molecule has 0 saturated heterocycles. The lowest BCUT2D eigenvalue weighted by molar-refractivity contribution is 0.197. The van der Waals surface area contributed by atoms with Gasteiger partial charge in [-0.05, 0) is 43.5 Å². The van der Waals surface area contributed by atoms with E-state index in [1.165, 1.54) is 11.1 Å². The third-order valence-electron chi connectivity index (χ3n) is 3.22. The average Bonchev–Trinajstić information content (AvgIpc) is 2.86. The van der Waals surface area contributed by atoms with Gasteiger partial charge in [-0.1, -0.05) is 6.07 Å². The summed E-state index contributed by atoms with van der Waals surface area (Å²) in [7, 11) is 1.72. The van der Waals surface area contributed by atoms with Gasteiger partial charge in [0.15, 0.2) is 0 Å². The fourth-order valence-electron chi connectivity index (χ4n) is 1.93. The number of imidazole rings is 1. The van der Waals surface area contributed by atoms with E-state index < -0.39 is 0 Å². The van der Waals surface area contributed by atoms with Gasteiger partial charge in [-0.25, -0.2) is 4.98 Å². The maximum absolute atomic E-state index is 5.04. The molecule has 19 heavy (non-hydrogen) atoms. The molecule has 0 aliphatic heterocycles. The highest BCUT2D eigenvalue weighted by Crippen LogP contribution is 2.17. The second kappa shape index (κ2) is 6.38. The molecular formula is C15H21N3O. The van der Waals surface area contributed by atoms with Crippen LogP contribution >= 0.6 is 0 Å². The second-order valence-electron chi connectivity index (χ2n) is 4.66. The molecule has 0 spiro atoms. The van der Waals surface area contributed by atoms with Crippen molar-refractivity contribution in [2.45, 2.75) is 20.3 Å². The van der Waals surface area contributed by atoms with Crippen molar-refractivity contribution >= 4 is 5.95 Å². The standard InChI is InChI=1S/C15H21N3O/c1-12-5-6-14(11-13(12)2)18-9-8-17-15(18)16-7-4-10-19-3/h5-6,8-9,11H,4,7,10H2,1-3H3,(H,16,17). The van der Waals surface area contributed by atoms with Crippen LogP contribution in [0.4, 0.5) is 5.95 Å². The SMILES string of the molecule is COCCCNc1nccn1-c1ccc(C)c(C)c1. The molecule has 0 saturated carbocycles. The Morgan fingerprint density at radius 2 is 2.11 bits per heavy atom. The summed E-state index contributed by atoms with van der Waals surface area (Å²) in [6, 6.07) is 6.43. The number of anilines is 1. The zero-order chi connectivity index (χ0) is 13.7. The van der Waals surface area contributed by atoms with E-state index in [0.717, 1.165) is 31.2 Å². The summed E-state index contributed by atoms with van der Waals surface area (Å²) in [5, 5.41) is 3.33. The average molecular weight is 259 g/mol. The molecule has 2 rings (SSSR count). The summed E-state index contributed by atoms with van der Waals surface area (Å²) in [4.78, 5) is 4.35. The number of hydrogen-bond donors (Lipinski definition) is 1. The molecule has 0 unspecified atom stereocenters. The minimum Gasteiger partial charge on any atom is -0.385 e. The van der Waals surface area contributed by atoms with Crippen molar-refractivity contribution in [3.8, 4) is 5.69 Å². The predicted octanol–water partition coefficient (Wildman–Crippen LogP) is 2.94. The van der Waals surface area contributed by atoms with E-state index in [9.17, 15) is 0 Å². The molecule has 0 atom stereocenters. The lowest BCUT2D eigenvalue weighted by atomic mass is 10.1. The number of rotatable bonds is 6. The Hall–Kier alpha value is -1.81. The third-order valence-corrected chi connectivity index (χ3v) is 3.22. The van der Waals surface area contributed by atoms with Crippen LogP contribution < -0.4 is 5.32 Å². The Morgan fingerprint density at radius 3 is 2.84 bits per heavy atom. The molecule has 1 N–H and O–H groups in total. The molecular weight excluding hydrogens is 238 g/mol. The minimum absolute atomic E-state index is 0.761. The van der Waals surface area contributed by atoms with Crippen LogP contribution in [-0.2, 0) is 4.74 Å². The summed E-state index contributed by atoms with van der Waals surface area (Å²) >= 11 is 0. The Kier molecular flexibility index (Phi) is 4.58. The molecule has 4 heteroatoms. The van der Waals surface area contributed by atoms with Crippen LogP contribution in [0.2, 0.25) is 0 Å². The number of nitrogens with one attached hydrogen (secondary N) is 1. The van der Waals surface area contributed by atoms with Gasteiger partial charge >= 0.3 is 0 Å². The van der Waals surface area contributed by atoms with Crippen molar-refractivity contribution in [1.29, 1.82) is 0 Å². The first-order valence-corrected chi connectivity index (χ1v) is 6.56. The monoisotopic (exact) mass is 259 g/mol. The van der Waals surface area contributed by atoms with E-state index in [1.54, 1.807) is 7.11 Å². The fourth-order valence-corrected chi connectivity index (χ4v) is 1.93. The summed E-state index contributed by atoms with van der Waals surface area (Å²) < 4.78 is 7.11. The third kappa shape index (κ3) is 3.35. The van der Waals surface area contributed by atoms with Gasteiger partial charge in [0.1, 0.15) is 0 Å². The fraction of sp³-hybridized carbons (Fsp3) is 0.400. The minimum atomic E-state index is 0.761. The molecule has 1 aromatic heterocycles. The molecule has 0 fully saturated rings. The zero-order valence-corrected chi connectivity index (χ0v) is 11.8. The topological polar surface area (TPSA) is 39.1 Å². The van der Waals surface area contributed by atoms with Gasteiger partial charge in [0, 0.05) is 38.3 Å². The van der Waals surface area contributed by atoms with Gasteiger partial charge in [0.05, 0.1) is 0 Å². The van der Waals surface area contributed by atoms with Gasteiger partial charge in [-0.15, -0.1) is 0 Å². The van der Waals surface area contributed by atoms with Crippen molar-refractivity contribution in [3.05, 3.63) is 41.7 Å². The molecule has 0 aliphatic rings. The van der Waals surface area contributed by atoms with Crippen LogP contribution in [0.1, 0.15) is 17.5 Å². The summed E-state index contributed by atoms with van der Waals surface area (Å²) in [5.74, 6) is 0.874. The van der Waals surface area contributed by atoms with Gasteiger partial charge in [-0.2, -0.15) is 0 Å². The van der Waals surface area contributed by atoms with Crippen LogP contribution in [0.5, 0.6) is 0 Å². The number of methoxy groups -OCH3 is 1. The number of hydrogen-bond acceptors (Lipinski definition) is 3. The van der Waals surface area contributed by atoms with Crippen molar-refractivity contribution in [1.82, 2.24) is 9.55 Å². The van der Waals surface area contributed by atoms with Gasteiger partial charge < -0.3 is 10.1 Å². The van der Waals surface area contributed by atoms with E-state index in [-0.39, 0.29) is 0 Å². The van der Waals surface area contributed by atoms with Crippen molar-refractivity contribution < 1.29 is 4.74 Å². The van der Waals surface area contributed by atoms with Gasteiger partial charge in [-0.3, -0.25) is 4.57 Å². The van der Waals surface area contributed by atoms with Crippen molar-refractivity contribution in [2.24, 2.45) is 0 Å². The highest BCUT2D eigenvalue weighted by molar-refractivity contribution is 5.45. The Balaban J connectivity index is 2.12. The number of benzene rings is 1. The lowest BCUT2D eigenvalue weighted by Gasteiger charge is -2.11. The summed E-state index contributed by atoms with van der Waals surface area (Å²) in [6.45, 7) is 5.87. The van der Waals surface area contributed by atoms with Crippen LogP contribution in [0.25, 0.3) is 5.69 Å². The number of aryl methyl sites for hydroxylation is 2. The second-order valence-corrected chi connectivity index (χ2v) is 4.66. The van der Waals surface area contributed by atoms with Gasteiger partial charge in [0.2, 0.25) is 5.95 Å². The molecule has 4 nitrogen and oxygen atoms in total. The highest BCUT2D eigenvalue weighted by Gasteiger charge is 2.05. The zero-order valence-electron chi connectivity index (χ0n) is 11.8. The molecule has 0 radical (unpaired) electrons. The molecule has 0 amide bonds. The molecule has 1 heterocycles. The normalized spacial score (nSPS) is 10.7. The number of ether oxygens (including phenoxy) is 1. The van der Waals surface area contributed by atoms with E-state index in [1.807, 2.05) is 12.4 Å². The Bertz CT molecular complexity index is 534.